The molecular formula is C15H21N3O3. The monoisotopic (exact) mass is 291 g/mol. The molecule has 0 spiro atoms. The molecule has 2 heterocycles. The number of carbonyl (C=O) groups excluding carboxylic acids is 1. The molecule has 0 aliphatic rings. The third-order valence-electron chi connectivity index (χ3n) is 3.27. The molecule has 1 unspecified atom stereocenters. The van der Waals surface area contributed by atoms with Crippen LogP contribution in [0.25, 0.3) is 5.65 Å². The molecule has 0 aromatic carbocycles. The first kappa shape index (κ1) is 15.5. The van der Waals surface area contributed by atoms with E-state index in [2.05, 4.69) is 10.3 Å². The van der Waals surface area contributed by atoms with Gasteiger partial charge < -0.3 is 19.6 Å². The van der Waals surface area contributed by atoms with Crippen LogP contribution < -0.4 is 5.32 Å². The number of hydrogen-bond donors (Lipinski definition) is 2. The number of nitrogens with zero attached hydrogens (tertiary/aromatic N) is 2. The molecule has 2 aromatic rings. The third kappa shape index (κ3) is 4.54. The van der Waals surface area contributed by atoms with E-state index in [4.69, 9.17) is 4.74 Å². The lowest BCUT2D eigenvalue weighted by Crippen LogP contribution is -2.41. The molecule has 0 aliphatic heterocycles. The maximum atomic E-state index is 11.9. The Morgan fingerprint density at radius 1 is 1.52 bits per heavy atom. The highest BCUT2D eigenvalue weighted by atomic mass is 16.5. The molecule has 0 radical (unpaired) electrons. The summed E-state index contributed by atoms with van der Waals surface area (Å²) in [7, 11) is 1.58. The van der Waals surface area contributed by atoms with Gasteiger partial charge in [-0.15, -0.1) is 0 Å². The van der Waals surface area contributed by atoms with Crippen molar-refractivity contribution in [3.8, 4) is 0 Å². The molecule has 21 heavy (non-hydrogen) atoms. The van der Waals surface area contributed by atoms with Crippen molar-refractivity contribution in [1.82, 2.24) is 14.7 Å². The number of rotatable bonds is 7. The lowest BCUT2D eigenvalue weighted by molar-refractivity contribution is -0.121. The van der Waals surface area contributed by atoms with Crippen molar-refractivity contribution < 1.29 is 14.6 Å². The first-order chi connectivity index (χ1) is 10.00. The Morgan fingerprint density at radius 2 is 2.33 bits per heavy atom. The number of amides is 1. The van der Waals surface area contributed by atoms with Crippen LogP contribution in [0.2, 0.25) is 0 Å². The lowest BCUT2D eigenvalue weighted by atomic mass is 10.0. The second-order valence-corrected chi connectivity index (χ2v) is 5.39. The largest absolute Gasteiger partial charge is 0.388 e. The number of nitrogens with one attached hydrogen (secondary N) is 1. The normalized spacial score (nSPS) is 14.0. The van der Waals surface area contributed by atoms with Gasteiger partial charge in [-0.05, 0) is 19.1 Å². The van der Waals surface area contributed by atoms with Gasteiger partial charge in [-0.2, -0.15) is 0 Å². The minimum absolute atomic E-state index is 0.156. The number of pyridine rings is 1. The SMILES string of the molecule is COCCC(C)(O)CNC(=O)Cc1cn2ccccc2n1. The summed E-state index contributed by atoms with van der Waals surface area (Å²) in [6.45, 7) is 2.33. The zero-order chi connectivity index (χ0) is 15.3. The number of hydrogen-bond acceptors (Lipinski definition) is 4. The lowest BCUT2D eigenvalue weighted by Gasteiger charge is -2.23. The Labute approximate surface area is 123 Å². The van der Waals surface area contributed by atoms with Crippen molar-refractivity contribution >= 4 is 11.6 Å². The van der Waals surface area contributed by atoms with Crippen LogP contribution in [0.1, 0.15) is 19.0 Å². The molecule has 0 fully saturated rings. The first-order valence-corrected chi connectivity index (χ1v) is 6.91. The molecule has 0 aliphatic carbocycles. The van der Waals surface area contributed by atoms with Gasteiger partial charge in [0.05, 0.1) is 17.7 Å². The molecule has 2 N–H and O–H groups in total. The van der Waals surface area contributed by atoms with Crippen LogP contribution in [0, 0.1) is 0 Å². The van der Waals surface area contributed by atoms with E-state index < -0.39 is 5.60 Å². The summed E-state index contributed by atoms with van der Waals surface area (Å²) in [6, 6.07) is 5.70. The Kier molecular flexibility index (Phi) is 4.93. The number of aromatic nitrogens is 2. The smallest absolute Gasteiger partial charge is 0.226 e. The van der Waals surface area contributed by atoms with Crippen molar-refractivity contribution in [2.75, 3.05) is 20.3 Å². The first-order valence-electron chi connectivity index (χ1n) is 6.91. The average molecular weight is 291 g/mol. The highest BCUT2D eigenvalue weighted by Gasteiger charge is 2.21. The maximum absolute atomic E-state index is 11.9. The average Bonchev–Trinajstić information content (AvgIpc) is 2.85. The van der Waals surface area contributed by atoms with E-state index >= 15 is 0 Å². The topological polar surface area (TPSA) is 75.9 Å². The molecule has 2 rings (SSSR count). The molecule has 6 heteroatoms. The van der Waals surface area contributed by atoms with Gasteiger partial charge in [0, 0.05) is 39.1 Å². The van der Waals surface area contributed by atoms with Gasteiger partial charge in [0.2, 0.25) is 5.91 Å². The molecule has 1 atom stereocenters. The quantitative estimate of drug-likeness (QED) is 0.790. The molecule has 2 aromatic heterocycles. The third-order valence-corrected chi connectivity index (χ3v) is 3.27. The Bertz CT molecular complexity index is 574. The summed E-state index contributed by atoms with van der Waals surface area (Å²) >= 11 is 0. The van der Waals surface area contributed by atoms with Gasteiger partial charge in [-0.3, -0.25) is 4.79 Å². The van der Waals surface area contributed by atoms with E-state index in [9.17, 15) is 9.90 Å². The second kappa shape index (κ2) is 6.69. The number of aliphatic hydroxyl groups is 1. The van der Waals surface area contributed by atoms with Crippen LogP contribution in [0.3, 0.4) is 0 Å². The minimum atomic E-state index is -0.968. The highest BCUT2D eigenvalue weighted by molar-refractivity contribution is 5.78. The van der Waals surface area contributed by atoms with Crippen LogP contribution in [-0.4, -0.2) is 46.3 Å². The van der Waals surface area contributed by atoms with Gasteiger partial charge >= 0.3 is 0 Å². The Hall–Kier alpha value is -1.92. The predicted molar refractivity (Wildman–Crippen MR) is 79.0 cm³/mol. The fraction of sp³-hybridized carbons (Fsp3) is 0.467. The molecule has 1 amide bonds. The molecule has 0 bridgehead atoms. The summed E-state index contributed by atoms with van der Waals surface area (Å²) in [5.41, 5.74) is 0.549. The number of ether oxygens (including phenoxy) is 1. The van der Waals surface area contributed by atoms with Crippen LogP contribution in [0.15, 0.2) is 30.6 Å². The van der Waals surface area contributed by atoms with Gasteiger partial charge in [0.1, 0.15) is 5.65 Å². The predicted octanol–water partition coefficient (Wildman–Crippen LogP) is 0.780. The van der Waals surface area contributed by atoms with Gasteiger partial charge in [0.15, 0.2) is 0 Å². The van der Waals surface area contributed by atoms with E-state index in [-0.39, 0.29) is 18.9 Å². The zero-order valence-electron chi connectivity index (χ0n) is 12.4. The number of carbonyl (C=O) groups is 1. The van der Waals surface area contributed by atoms with Crippen molar-refractivity contribution in [2.24, 2.45) is 0 Å². The minimum Gasteiger partial charge on any atom is -0.388 e. The van der Waals surface area contributed by atoms with E-state index in [0.29, 0.717) is 18.7 Å². The second-order valence-electron chi connectivity index (χ2n) is 5.39. The number of fused-ring (bicyclic) bond motifs is 1. The highest BCUT2D eigenvalue weighted by Crippen LogP contribution is 2.08. The van der Waals surface area contributed by atoms with Crippen molar-refractivity contribution in [1.29, 1.82) is 0 Å². The van der Waals surface area contributed by atoms with E-state index in [1.807, 2.05) is 35.0 Å². The standard InChI is InChI=1S/C15H21N3O3/c1-15(20,6-8-21-2)11-16-14(19)9-12-10-18-7-4-3-5-13(18)17-12/h3-5,7,10,20H,6,8-9,11H2,1-2H3,(H,16,19). The van der Waals surface area contributed by atoms with Crippen molar-refractivity contribution in [2.45, 2.75) is 25.4 Å². The zero-order valence-corrected chi connectivity index (χ0v) is 12.4. The van der Waals surface area contributed by atoms with E-state index in [1.54, 1.807) is 14.0 Å². The molecular weight excluding hydrogens is 270 g/mol. The summed E-state index contributed by atoms with van der Waals surface area (Å²) < 4.78 is 6.80. The summed E-state index contributed by atoms with van der Waals surface area (Å²) in [4.78, 5) is 16.3. The van der Waals surface area contributed by atoms with Crippen LogP contribution in [0.4, 0.5) is 0 Å². The molecule has 0 saturated heterocycles. The van der Waals surface area contributed by atoms with E-state index in [0.717, 1.165) is 5.65 Å². The Balaban J connectivity index is 1.87. The van der Waals surface area contributed by atoms with Gasteiger partial charge in [-0.1, -0.05) is 6.07 Å². The molecule has 6 nitrogen and oxygen atoms in total. The molecule has 114 valence electrons. The van der Waals surface area contributed by atoms with E-state index in [1.165, 1.54) is 0 Å². The fourth-order valence-corrected chi connectivity index (χ4v) is 2.00. The summed E-state index contributed by atoms with van der Waals surface area (Å²) in [6.07, 6.45) is 4.39. The van der Waals surface area contributed by atoms with Gasteiger partial charge in [-0.25, -0.2) is 4.98 Å². The number of imidazole rings is 1. The summed E-state index contributed by atoms with van der Waals surface area (Å²) in [5, 5.41) is 12.8. The van der Waals surface area contributed by atoms with Crippen LogP contribution >= 0.6 is 0 Å². The van der Waals surface area contributed by atoms with Gasteiger partial charge in [0.25, 0.3) is 0 Å². The maximum Gasteiger partial charge on any atom is 0.226 e. The summed E-state index contributed by atoms with van der Waals surface area (Å²) in [5.74, 6) is -0.156. The molecule has 0 saturated carbocycles. The Morgan fingerprint density at radius 3 is 3.05 bits per heavy atom. The van der Waals surface area contributed by atoms with Crippen LogP contribution in [-0.2, 0) is 16.0 Å². The number of methoxy groups -OCH3 is 1. The van der Waals surface area contributed by atoms with Crippen molar-refractivity contribution in [3.63, 3.8) is 0 Å². The van der Waals surface area contributed by atoms with Crippen molar-refractivity contribution in [3.05, 3.63) is 36.3 Å². The fourth-order valence-electron chi connectivity index (χ4n) is 2.00. The van der Waals surface area contributed by atoms with Crippen LogP contribution in [0.5, 0.6) is 0 Å².